The second kappa shape index (κ2) is 8.42. The Hall–Kier alpha value is -3.55. The fraction of sp³-hybridized carbons (Fsp3) is 0.360. The molecular formula is C25H26FN5O2. The van der Waals surface area contributed by atoms with E-state index in [2.05, 4.69) is 15.1 Å². The number of alkyl halides is 1. The predicted octanol–water partition coefficient (Wildman–Crippen LogP) is 4.62. The number of rotatable bonds is 5. The second-order valence-corrected chi connectivity index (χ2v) is 8.90. The van der Waals surface area contributed by atoms with Crippen molar-refractivity contribution in [3.05, 3.63) is 70.5 Å². The summed E-state index contributed by atoms with van der Waals surface area (Å²) in [6.45, 7) is 1.65. The van der Waals surface area contributed by atoms with Crippen molar-refractivity contribution in [3.8, 4) is 17.0 Å². The molecule has 0 amide bonds. The number of pyridine rings is 1. The quantitative estimate of drug-likeness (QED) is 0.482. The number of H-pyrrole nitrogens is 1. The van der Waals surface area contributed by atoms with E-state index in [1.54, 1.807) is 26.4 Å². The SMILES string of the molecule is COc1cc(-c2ccccc2Cc2nc3c(cnn3C3CCC(C)(F)CC3)c(=O)[nH]2)ccn1. The van der Waals surface area contributed by atoms with Crippen molar-refractivity contribution in [1.29, 1.82) is 0 Å². The van der Waals surface area contributed by atoms with Crippen LogP contribution in [0.15, 0.2) is 53.6 Å². The Morgan fingerprint density at radius 2 is 2.03 bits per heavy atom. The highest BCUT2D eigenvalue weighted by Gasteiger charge is 2.32. The van der Waals surface area contributed by atoms with Gasteiger partial charge in [-0.25, -0.2) is 19.0 Å². The van der Waals surface area contributed by atoms with Crippen LogP contribution in [0.3, 0.4) is 0 Å². The topological polar surface area (TPSA) is 85.7 Å². The third-order valence-corrected chi connectivity index (χ3v) is 6.49. The third kappa shape index (κ3) is 4.25. The molecule has 1 aromatic carbocycles. The van der Waals surface area contributed by atoms with Gasteiger partial charge < -0.3 is 9.72 Å². The highest BCUT2D eigenvalue weighted by Crippen LogP contribution is 2.37. The molecule has 3 heterocycles. The van der Waals surface area contributed by atoms with Crippen LogP contribution in [0.4, 0.5) is 4.39 Å². The van der Waals surface area contributed by atoms with Crippen LogP contribution >= 0.6 is 0 Å². The first-order valence-electron chi connectivity index (χ1n) is 11.2. The summed E-state index contributed by atoms with van der Waals surface area (Å²) < 4.78 is 21.4. The van der Waals surface area contributed by atoms with Crippen molar-refractivity contribution in [2.75, 3.05) is 7.11 Å². The van der Waals surface area contributed by atoms with Crippen LogP contribution in [0.5, 0.6) is 5.88 Å². The number of hydrogen-bond donors (Lipinski definition) is 1. The number of methoxy groups -OCH3 is 1. The largest absolute Gasteiger partial charge is 0.481 e. The Kier molecular flexibility index (Phi) is 5.44. The maximum absolute atomic E-state index is 14.3. The van der Waals surface area contributed by atoms with Crippen LogP contribution in [0.2, 0.25) is 0 Å². The number of benzene rings is 1. The molecule has 33 heavy (non-hydrogen) atoms. The van der Waals surface area contributed by atoms with Gasteiger partial charge in [-0.05, 0) is 55.4 Å². The first-order chi connectivity index (χ1) is 15.9. The van der Waals surface area contributed by atoms with Gasteiger partial charge in [0.2, 0.25) is 5.88 Å². The van der Waals surface area contributed by atoms with E-state index in [9.17, 15) is 9.18 Å². The average Bonchev–Trinajstić information content (AvgIpc) is 3.24. The van der Waals surface area contributed by atoms with Crippen LogP contribution in [0.1, 0.15) is 50.0 Å². The number of nitrogens with zero attached hydrogens (tertiary/aromatic N) is 4. The number of aromatic amines is 1. The Bertz CT molecular complexity index is 1350. The van der Waals surface area contributed by atoms with Crippen LogP contribution in [0.25, 0.3) is 22.2 Å². The molecule has 0 atom stereocenters. The molecule has 0 radical (unpaired) electrons. The molecular weight excluding hydrogens is 421 g/mol. The molecule has 0 unspecified atom stereocenters. The normalized spacial score (nSPS) is 20.8. The van der Waals surface area contributed by atoms with Crippen LogP contribution in [-0.4, -0.2) is 37.5 Å². The van der Waals surface area contributed by atoms with Gasteiger partial charge >= 0.3 is 0 Å². The maximum Gasteiger partial charge on any atom is 0.262 e. The van der Waals surface area contributed by atoms with E-state index in [0.29, 0.717) is 54.8 Å². The molecule has 5 rings (SSSR count). The molecule has 1 N–H and O–H groups in total. The van der Waals surface area contributed by atoms with E-state index in [-0.39, 0.29) is 11.6 Å². The van der Waals surface area contributed by atoms with Gasteiger partial charge in [-0.1, -0.05) is 24.3 Å². The lowest BCUT2D eigenvalue weighted by Gasteiger charge is -2.31. The average molecular weight is 448 g/mol. The zero-order valence-corrected chi connectivity index (χ0v) is 18.7. The van der Waals surface area contributed by atoms with Crippen LogP contribution in [0, 0.1) is 0 Å². The Balaban J connectivity index is 1.50. The number of aromatic nitrogens is 5. The van der Waals surface area contributed by atoms with Crippen molar-refractivity contribution in [3.63, 3.8) is 0 Å². The molecule has 7 nitrogen and oxygen atoms in total. The van der Waals surface area contributed by atoms with Gasteiger partial charge in [0.05, 0.1) is 19.3 Å². The van der Waals surface area contributed by atoms with Gasteiger partial charge in [0.15, 0.2) is 5.65 Å². The fourth-order valence-electron chi connectivity index (χ4n) is 4.61. The molecule has 4 aromatic rings. The molecule has 3 aromatic heterocycles. The summed E-state index contributed by atoms with van der Waals surface area (Å²) in [4.78, 5) is 24.7. The highest BCUT2D eigenvalue weighted by atomic mass is 19.1. The summed E-state index contributed by atoms with van der Waals surface area (Å²) in [6.07, 6.45) is 6.05. The Morgan fingerprint density at radius 1 is 1.24 bits per heavy atom. The van der Waals surface area contributed by atoms with Gasteiger partial charge in [-0.3, -0.25) is 4.79 Å². The number of halogens is 1. The van der Waals surface area contributed by atoms with Crippen molar-refractivity contribution >= 4 is 11.0 Å². The van der Waals surface area contributed by atoms with Gasteiger partial charge in [0.25, 0.3) is 5.56 Å². The first-order valence-corrected chi connectivity index (χ1v) is 11.2. The molecule has 0 bridgehead atoms. The van der Waals surface area contributed by atoms with Crippen molar-refractivity contribution in [2.45, 2.75) is 50.7 Å². The first kappa shape index (κ1) is 21.3. The van der Waals surface area contributed by atoms with Gasteiger partial charge in [-0.2, -0.15) is 5.10 Å². The van der Waals surface area contributed by atoms with E-state index in [4.69, 9.17) is 9.72 Å². The zero-order chi connectivity index (χ0) is 23.0. The van der Waals surface area contributed by atoms with E-state index in [1.807, 2.05) is 41.1 Å². The number of nitrogens with one attached hydrogen (secondary N) is 1. The van der Waals surface area contributed by atoms with Crippen molar-refractivity contribution in [2.24, 2.45) is 0 Å². The monoisotopic (exact) mass is 447 g/mol. The van der Waals surface area contributed by atoms with Crippen molar-refractivity contribution in [1.82, 2.24) is 24.7 Å². The lowest BCUT2D eigenvalue weighted by molar-refractivity contribution is 0.103. The van der Waals surface area contributed by atoms with E-state index < -0.39 is 5.67 Å². The summed E-state index contributed by atoms with van der Waals surface area (Å²) in [5.74, 6) is 1.10. The van der Waals surface area contributed by atoms with Gasteiger partial charge in [0, 0.05) is 18.7 Å². The summed E-state index contributed by atoms with van der Waals surface area (Å²) in [6, 6.07) is 11.8. The van der Waals surface area contributed by atoms with E-state index in [1.165, 1.54) is 0 Å². The Labute approximate surface area is 190 Å². The minimum absolute atomic E-state index is 0.0463. The summed E-state index contributed by atoms with van der Waals surface area (Å²) >= 11 is 0. The number of hydrogen-bond acceptors (Lipinski definition) is 5. The summed E-state index contributed by atoms with van der Waals surface area (Å²) in [5, 5.41) is 4.91. The van der Waals surface area contributed by atoms with E-state index in [0.717, 1.165) is 16.7 Å². The standard InChI is InChI=1S/C25H26FN5O2/c1-25(26)10-7-18(8-11-25)31-23-20(15-28-31)24(32)30-21(29-23)13-16-5-3-4-6-19(16)17-9-12-27-22(14-17)33-2/h3-6,9,12,14-15,18H,7-8,10-11,13H2,1-2H3,(H,29,30,32). The minimum atomic E-state index is -1.13. The summed E-state index contributed by atoms with van der Waals surface area (Å²) in [7, 11) is 1.59. The van der Waals surface area contributed by atoms with Gasteiger partial charge in [-0.15, -0.1) is 0 Å². The molecule has 1 aliphatic carbocycles. The lowest BCUT2D eigenvalue weighted by Crippen LogP contribution is -2.28. The maximum atomic E-state index is 14.3. The molecule has 0 saturated heterocycles. The zero-order valence-electron chi connectivity index (χ0n) is 18.7. The molecule has 170 valence electrons. The Morgan fingerprint density at radius 3 is 2.82 bits per heavy atom. The molecule has 0 aliphatic heterocycles. The number of fused-ring (bicyclic) bond motifs is 1. The lowest BCUT2D eigenvalue weighted by atomic mass is 9.85. The molecule has 1 aliphatic rings. The summed E-state index contributed by atoms with van der Waals surface area (Å²) in [5.41, 5.74) is 2.23. The molecule has 8 heteroatoms. The van der Waals surface area contributed by atoms with Gasteiger partial charge in [0.1, 0.15) is 16.9 Å². The fourth-order valence-corrected chi connectivity index (χ4v) is 4.61. The minimum Gasteiger partial charge on any atom is -0.481 e. The smallest absolute Gasteiger partial charge is 0.262 e. The third-order valence-electron chi connectivity index (χ3n) is 6.49. The highest BCUT2D eigenvalue weighted by molar-refractivity contribution is 5.73. The molecule has 1 fully saturated rings. The van der Waals surface area contributed by atoms with Crippen LogP contribution in [-0.2, 0) is 6.42 Å². The second-order valence-electron chi connectivity index (χ2n) is 8.90. The van der Waals surface area contributed by atoms with Crippen LogP contribution < -0.4 is 10.3 Å². The van der Waals surface area contributed by atoms with E-state index >= 15 is 0 Å². The predicted molar refractivity (Wildman–Crippen MR) is 124 cm³/mol. The van der Waals surface area contributed by atoms with Crippen molar-refractivity contribution < 1.29 is 9.13 Å². The number of ether oxygens (including phenoxy) is 1. The molecule has 1 saturated carbocycles. The molecule has 0 spiro atoms.